The van der Waals surface area contributed by atoms with E-state index in [0.29, 0.717) is 0 Å². The fourth-order valence-corrected chi connectivity index (χ4v) is 2.83. The molecule has 0 amide bonds. The van der Waals surface area contributed by atoms with Crippen molar-refractivity contribution in [1.82, 2.24) is 0 Å². The number of carboxylic acid groups (broad SMARTS) is 2. The van der Waals surface area contributed by atoms with E-state index >= 15 is 0 Å². The third-order valence-corrected chi connectivity index (χ3v) is 2.97. The predicted molar refractivity (Wildman–Crippen MR) is 91.0 cm³/mol. The second-order valence-corrected chi connectivity index (χ2v) is 8.94. The first kappa shape index (κ1) is 27.3. The molecule has 0 spiro atoms. The Kier molecular flexibility index (Phi) is 14.1. The molecule has 2 atom stereocenters. The minimum atomic E-state index is -0.693. The van der Waals surface area contributed by atoms with Gasteiger partial charge in [-0.15, -0.1) is 0 Å². The van der Waals surface area contributed by atoms with Crippen molar-refractivity contribution in [3.8, 4) is 0 Å². The molecule has 5 heteroatoms. The van der Waals surface area contributed by atoms with Crippen molar-refractivity contribution in [3.05, 3.63) is 0 Å². The van der Waals surface area contributed by atoms with E-state index in [-0.39, 0.29) is 52.6 Å². The summed E-state index contributed by atoms with van der Waals surface area (Å²) in [5.74, 6) is -0.816. The topological polar surface area (TPSA) is 74.6 Å². The molecule has 23 heavy (non-hydrogen) atoms. The van der Waals surface area contributed by atoms with Gasteiger partial charge in [0.25, 0.3) is 0 Å². The van der Waals surface area contributed by atoms with Gasteiger partial charge >= 0.3 is 11.9 Å². The molecule has 2 unspecified atom stereocenters. The summed E-state index contributed by atoms with van der Waals surface area (Å²) in [7, 11) is 0. The van der Waals surface area contributed by atoms with Crippen LogP contribution in [0.5, 0.6) is 0 Å². The predicted octanol–water partition coefficient (Wildman–Crippen LogP) is 5.06. The van der Waals surface area contributed by atoms with Crippen molar-refractivity contribution < 1.29 is 36.9 Å². The third kappa shape index (κ3) is 26.7. The first-order chi connectivity index (χ1) is 9.62. The average molecular weight is 380 g/mol. The quantitative estimate of drug-likeness (QED) is 0.632. The second kappa shape index (κ2) is 11.9. The summed E-state index contributed by atoms with van der Waals surface area (Å²) in [6.45, 7) is 16.8. The van der Waals surface area contributed by atoms with Gasteiger partial charge in [0.2, 0.25) is 0 Å². The number of carboxylic acids is 2. The molecule has 0 heterocycles. The van der Waals surface area contributed by atoms with Crippen LogP contribution < -0.4 is 0 Å². The van der Waals surface area contributed by atoms with Crippen LogP contribution in [-0.4, -0.2) is 22.2 Å². The molecule has 0 fully saturated rings. The number of hydrogen-bond donors (Lipinski definition) is 2. The summed E-state index contributed by atoms with van der Waals surface area (Å²) < 4.78 is 0. The molecule has 0 rings (SSSR count). The molecule has 0 saturated carbocycles. The maximum absolute atomic E-state index is 10.3. The summed E-state index contributed by atoms with van der Waals surface area (Å²) in [6.07, 6.45) is 2.52. The molecule has 0 bridgehead atoms. The Balaban J connectivity index is -0.000000333. The van der Waals surface area contributed by atoms with E-state index in [9.17, 15) is 9.59 Å². The minimum Gasteiger partial charge on any atom is -0.481 e. The first-order valence-electron chi connectivity index (χ1n) is 8.06. The SMILES string of the molecule is CC(CC(=O)O)CC(C)(C)C.CC(CC(=O)O)CC(C)(C)C.[Cu]. The molecule has 0 aliphatic carbocycles. The molecule has 0 aromatic heterocycles. The molecule has 0 aliphatic rings. The standard InChI is InChI=1S/2C9H18O2.Cu/c2*1-7(5-8(10)11)6-9(2,3)4;/h2*7H,5-6H2,1-4H3,(H,10,11);. The van der Waals surface area contributed by atoms with Gasteiger partial charge in [-0.3, -0.25) is 9.59 Å². The van der Waals surface area contributed by atoms with Gasteiger partial charge in [-0.2, -0.15) is 0 Å². The number of rotatable bonds is 6. The number of aliphatic carboxylic acids is 2. The molecule has 143 valence electrons. The van der Waals surface area contributed by atoms with Gasteiger partial charge in [0.05, 0.1) is 0 Å². The summed E-state index contributed by atoms with van der Waals surface area (Å²) in [6, 6.07) is 0. The van der Waals surface area contributed by atoms with Crippen LogP contribution in [0.3, 0.4) is 0 Å². The van der Waals surface area contributed by atoms with Crippen LogP contribution in [-0.2, 0) is 26.7 Å². The Morgan fingerprint density at radius 1 is 0.739 bits per heavy atom. The van der Waals surface area contributed by atoms with E-state index in [0.717, 1.165) is 12.8 Å². The Labute approximate surface area is 152 Å². The van der Waals surface area contributed by atoms with E-state index in [1.165, 1.54) is 0 Å². The Hall–Kier alpha value is -0.541. The van der Waals surface area contributed by atoms with Gasteiger partial charge in [0.1, 0.15) is 0 Å². The second-order valence-electron chi connectivity index (χ2n) is 8.94. The first-order valence-corrected chi connectivity index (χ1v) is 8.06. The zero-order valence-corrected chi connectivity index (χ0v) is 16.9. The van der Waals surface area contributed by atoms with E-state index in [1.807, 2.05) is 13.8 Å². The van der Waals surface area contributed by atoms with Gasteiger partial charge in [0, 0.05) is 29.9 Å². The molecule has 1 radical (unpaired) electrons. The smallest absolute Gasteiger partial charge is 0.303 e. The number of carbonyl (C=O) groups is 2. The fraction of sp³-hybridized carbons (Fsp3) is 0.889. The molecular weight excluding hydrogens is 344 g/mol. The zero-order valence-electron chi connectivity index (χ0n) is 16.0. The van der Waals surface area contributed by atoms with Crippen LogP contribution >= 0.6 is 0 Å². The van der Waals surface area contributed by atoms with Gasteiger partial charge in [-0.25, -0.2) is 0 Å². The van der Waals surface area contributed by atoms with E-state index in [2.05, 4.69) is 41.5 Å². The van der Waals surface area contributed by atoms with Crippen LogP contribution in [0.4, 0.5) is 0 Å². The molecule has 4 nitrogen and oxygen atoms in total. The third-order valence-electron chi connectivity index (χ3n) is 2.97. The molecular formula is C18H36CuO4. The Bertz CT molecular complexity index is 306. The largest absolute Gasteiger partial charge is 0.481 e. The molecule has 2 N–H and O–H groups in total. The van der Waals surface area contributed by atoms with E-state index < -0.39 is 11.9 Å². The summed E-state index contributed by atoms with van der Waals surface area (Å²) >= 11 is 0. The maximum Gasteiger partial charge on any atom is 0.303 e. The van der Waals surface area contributed by atoms with Crippen LogP contribution in [0.2, 0.25) is 0 Å². The minimum absolute atomic E-state index is 0. The Morgan fingerprint density at radius 3 is 1.09 bits per heavy atom. The molecule has 0 aromatic rings. The van der Waals surface area contributed by atoms with Gasteiger partial charge in [0.15, 0.2) is 0 Å². The van der Waals surface area contributed by atoms with Crippen LogP contribution in [0.1, 0.15) is 81.1 Å². The van der Waals surface area contributed by atoms with Crippen LogP contribution in [0.15, 0.2) is 0 Å². The monoisotopic (exact) mass is 379 g/mol. The number of hydrogen-bond acceptors (Lipinski definition) is 2. The van der Waals surface area contributed by atoms with Crippen LogP contribution in [0.25, 0.3) is 0 Å². The maximum atomic E-state index is 10.3. The summed E-state index contributed by atoms with van der Waals surface area (Å²) in [5, 5.41) is 17.0. The fourth-order valence-electron chi connectivity index (χ4n) is 2.83. The van der Waals surface area contributed by atoms with Crippen molar-refractivity contribution in [2.45, 2.75) is 81.1 Å². The van der Waals surface area contributed by atoms with E-state index in [4.69, 9.17) is 10.2 Å². The van der Waals surface area contributed by atoms with Crippen molar-refractivity contribution in [2.24, 2.45) is 22.7 Å². The summed E-state index contributed by atoms with van der Waals surface area (Å²) in [4.78, 5) is 20.6. The van der Waals surface area contributed by atoms with Crippen molar-refractivity contribution in [2.75, 3.05) is 0 Å². The Morgan fingerprint density at radius 2 is 0.957 bits per heavy atom. The molecule has 0 aliphatic heterocycles. The molecule has 0 aromatic carbocycles. The van der Waals surface area contributed by atoms with Crippen molar-refractivity contribution in [3.63, 3.8) is 0 Å². The van der Waals surface area contributed by atoms with Crippen molar-refractivity contribution in [1.29, 1.82) is 0 Å². The van der Waals surface area contributed by atoms with Gasteiger partial charge < -0.3 is 10.2 Å². The summed E-state index contributed by atoms with van der Waals surface area (Å²) in [5.41, 5.74) is 0.490. The van der Waals surface area contributed by atoms with Crippen LogP contribution in [0, 0.1) is 22.7 Å². The van der Waals surface area contributed by atoms with Gasteiger partial charge in [-0.1, -0.05) is 55.4 Å². The van der Waals surface area contributed by atoms with Crippen molar-refractivity contribution >= 4 is 11.9 Å². The van der Waals surface area contributed by atoms with E-state index in [1.54, 1.807) is 0 Å². The molecule has 0 saturated heterocycles. The average Bonchev–Trinajstić information content (AvgIpc) is 2.07. The zero-order chi connectivity index (χ0) is 18.1. The van der Waals surface area contributed by atoms with Gasteiger partial charge in [-0.05, 0) is 35.5 Å². The normalized spacial score (nSPS) is 13.9.